The van der Waals surface area contributed by atoms with Gasteiger partial charge in [-0.05, 0) is 68.3 Å². The van der Waals surface area contributed by atoms with Crippen molar-refractivity contribution >= 4 is 61.9 Å². The molecule has 1 fully saturated rings. The second kappa shape index (κ2) is 8.14. The quantitative estimate of drug-likeness (QED) is 0.345. The van der Waals surface area contributed by atoms with E-state index in [1.807, 2.05) is 24.3 Å². The van der Waals surface area contributed by atoms with Crippen LogP contribution < -0.4 is 15.4 Å². The molecule has 0 aromatic heterocycles. The van der Waals surface area contributed by atoms with Crippen LogP contribution in [-0.2, 0) is 16.2 Å². The molecule has 3 aromatic rings. The van der Waals surface area contributed by atoms with E-state index in [-0.39, 0.29) is 10.7 Å². The molecule has 4 rings (SSSR count). The van der Waals surface area contributed by atoms with Crippen LogP contribution in [0.25, 0.3) is 16.8 Å². The molecule has 0 aliphatic carbocycles. The van der Waals surface area contributed by atoms with E-state index < -0.39 is 11.8 Å². The smallest absolute Gasteiger partial charge is 0.263 e. The second-order valence-corrected chi connectivity index (χ2v) is 7.67. The molecule has 1 heterocycles. The molecule has 3 aromatic carbocycles. The number of ether oxygens (including phenoxy) is 1. The lowest BCUT2D eigenvalue weighted by atomic mass is 10.1. The van der Waals surface area contributed by atoms with Gasteiger partial charge in [0.05, 0.1) is 4.47 Å². The molecule has 1 aliphatic heterocycles. The fourth-order valence-electron chi connectivity index (χ4n) is 3.07. The topological polar surface area (TPSA) is 67.4 Å². The molecule has 0 saturated carbocycles. The average molecular weight is 467 g/mol. The minimum atomic E-state index is -0.522. The van der Waals surface area contributed by atoms with Crippen LogP contribution >= 0.6 is 28.1 Å². The van der Waals surface area contributed by atoms with E-state index >= 15 is 0 Å². The van der Waals surface area contributed by atoms with Crippen LogP contribution in [0.5, 0.6) is 5.75 Å². The lowest BCUT2D eigenvalue weighted by Crippen LogP contribution is -2.51. The molecule has 0 unspecified atom stereocenters. The van der Waals surface area contributed by atoms with E-state index in [1.54, 1.807) is 18.2 Å². The maximum Gasteiger partial charge on any atom is 0.263 e. The zero-order valence-electron chi connectivity index (χ0n) is 15.1. The molecule has 5 nitrogen and oxygen atoms in total. The summed E-state index contributed by atoms with van der Waals surface area (Å²) in [6.45, 7) is 0.419. The van der Waals surface area contributed by atoms with Crippen LogP contribution in [0.1, 0.15) is 11.1 Å². The van der Waals surface area contributed by atoms with Crippen LogP contribution in [0, 0.1) is 0 Å². The molecule has 1 saturated heterocycles. The Morgan fingerprint density at radius 1 is 0.966 bits per heavy atom. The Morgan fingerprint density at radius 2 is 1.69 bits per heavy atom. The van der Waals surface area contributed by atoms with Crippen LogP contribution in [-0.4, -0.2) is 16.9 Å². The number of halogens is 1. The molecule has 144 valence electrons. The molecule has 1 aliphatic rings. The van der Waals surface area contributed by atoms with Gasteiger partial charge in [-0.1, -0.05) is 48.5 Å². The van der Waals surface area contributed by atoms with Gasteiger partial charge >= 0.3 is 0 Å². The fraction of sp³-hybridized carbons (Fsp3) is 0.0455. The number of benzene rings is 3. The molecular formula is C22H15BrN2O3S. The molecule has 2 N–H and O–H groups in total. The number of carbonyl (C=O) groups is 2. The molecule has 29 heavy (non-hydrogen) atoms. The van der Waals surface area contributed by atoms with Gasteiger partial charge in [0, 0.05) is 0 Å². The number of hydrogen-bond acceptors (Lipinski definition) is 4. The first kappa shape index (κ1) is 19.3. The monoisotopic (exact) mass is 466 g/mol. The molecule has 0 spiro atoms. The number of fused-ring (bicyclic) bond motifs is 1. The number of thiocarbonyl (C=S) groups is 1. The first-order chi connectivity index (χ1) is 14.0. The Morgan fingerprint density at radius 3 is 2.45 bits per heavy atom. The van der Waals surface area contributed by atoms with Gasteiger partial charge in [-0.2, -0.15) is 0 Å². The van der Waals surface area contributed by atoms with Gasteiger partial charge in [0.25, 0.3) is 11.8 Å². The minimum Gasteiger partial charge on any atom is -0.488 e. The highest BCUT2D eigenvalue weighted by molar-refractivity contribution is 9.10. The van der Waals surface area contributed by atoms with E-state index in [0.717, 1.165) is 20.8 Å². The Kier molecular flexibility index (Phi) is 5.42. The number of nitrogens with one attached hydrogen (secondary N) is 2. The summed E-state index contributed by atoms with van der Waals surface area (Å²) in [6, 6.07) is 19.7. The molecule has 0 atom stereocenters. The Balaban J connectivity index is 1.53. The van der Waals surface area contributed by atoms with Gasteiger partial charge in [0.1, 0.15) is 17.9 Å². The van der Waals surface area contributed by atoms with Crippen molar-refractivity contribution in [1.29, 1.82) is 0 Å². The van der Waals surface area contributed by atoms with Crippen LogP contribution in [0.3, 0.4) is 0 Å². The molecule has 7 heteroatoms. The third-order valence-corrected chi connectivity index (χ3v) is 5.30. The van der Waals surface area contributed by atoms with Crippen LogP contribution in [0.4, 0.5) is 0 Å². The Hall–Kier alpha value is -3.03. The summed E-state index contributed by atoms with van der Waals surface area (Å²) in [6.07, 6.45) is 1.51. The average Bonchev–Trinajstić information content (AvgIpc) is 2.70. The van der Waals surface area contributed by atoms with Crippen molar-refractivity contribution in [2.75, 3.05) is 0 Å². The van der Waals surface area contributed by atoms with Gasteiger partial charge in [-0.3, -0.25) is 20.2 Å². The summed E-state index contributed by atoms with van der Waals surface area (Å²) in [7, 11) is 0. The maximum atomic E-state index is 12.0. The molecule has 0 radical (unpaired) electrons. The Labute approximate surface area is 180 Å². The molecule has 2 amide bonds. The summed E-state index contributed by atoms with van der Waals surface area (Å²) in [4.78, 5) is 23.9. The van der Waals surface area contributed by atoms with Crippen molar-refractivity contribution in [2.45, 2.75) is 6.61 Å². The third-order valence-electron chi connectivity index (χ3n) is 4.47. The molecule has 0 bridgehead atoms. The number of hydrogen-bond donors (Lipinski definition) is 2. The van der Waals surface area contributed by atoms with Crippen molar-refractivity contribution in [3.05, 3.63) is 81.8 Å². The van der Waals surface area contributed by atoms with Gasteiger partial charge in [0.2, 0.25) is 0 Å². The van der Waals surface area contributed by atoms with Crippen molar-refractivity contribution < 1.29 is 14.3 Å². The van der Waals surface area contributed by atoms with Crippen molar-refractivity contribution in [3.63, 3.8) is 0 Å². The van der Waals surface area contributed by atoms with Crippen molar-refractivity contribution in [2.24, 2.45) is 0 Å². The van der Waals surface area contributed by atoms with Gasteiger partial charge < -0.3 is 4.74 Å². The second-order valence-electron chi connectivity index (χ2n) is 6.41. The van der Waals surface area contributed by atoms with E-state index in [2.05, 4.69) is 44.8 Å². The zero-order chi connectivity index (χ0) is 20.4. The lowest BCUT2D eigenvalue weighted by molar-refractivity contribution is -0.123. The first-order valence-electron chi connectivity index (χ1n) is 8.78. The standard InChI is InChI=1S/C22H15BrN2O3S/c23-18-11-13(10-17-20(26)24-22(29)25-21(17)27)8-9-19(18)28-12-15-6-3-5-14-4-1-2-7-16(14)15/h1-11H,12H2,(H2,24,25,26,27,29). The highest BCUT2D eigenvalue weighted by Crippen LogP contribution is 2.29. The van der Waals surface area contributed by atoms with E-state index in [4.69, 9.17) is 17.0 Å². The van der Waals surface area contributed by atoms with Crippen LogP contribution in [0.2, 0.25) is 0 Å². The zero-order valence-corrected chi connectivity index (χ0v) is 17.5. The van der Waals surface area contributed by atoms with Crippen LogP contribution in [0.15, 0.2) is 70.7 Å². The summed E-state index contributed by atoms with van der Waals surface area (Å²) < 4.78 is 6.71. The van der Waals surface area contributed by atoms with Gasteiger partial charge in [-0.15, -0.1) is 0 Å². The van der Waals surface area contributed by atoms with Crippen molar-refractivity contribution in [3.8, 4) is 5.75 Å². The van der Waals surface area contributed by atoms with Gasteiger partial charge in [0.15, 0.2) is 5.11 Å². The van der Waals surface area contributed by atoms with E-state index in [9.17, 15) is 9.59 Å². The predicted octanol–water partition coefficient (Wildman–Crippen LogP) is 4.10. The highest BCUT2D eigenvalue weighted by Gasteiger charge is 2.25. The summed E-state index contributed by atoms with van der Waals surface area (Å²) in [5, 5.41) is 7.16. The minimum absolute atomic E-state index is 0.00470. The normalized spacial score (nSPS) is 13.8. The van der Waals surface area contributed by atoms with E-state index in [1.165, 1.54) is 6.08 Å². The van der Waals surface area contributed by atoms with Crippen molar-refractivity contribution in [1.82, 2.24) is 10.6 Å². The maximum absolute atomic E-state index is 12.0. The first-order valence-corrected chi connectivity index (χ1v) is 9.99. The summed E-state index contributed by atoms with van der Waals surface area (Å²) in [5.41, 5.74) is 1.77. The molecular weight excluding hydrogens is 452 g/mol. The largest absolute Gasteiger partial charge is 0.488 e. The predicted molar refractivity (Wildman–Crippen MR) is 119 cm³/mol. The highest BCUT2D eigenvalue weighted by atomic mass is 79.9. The number of carbonyl (C=O) groups excluding carboxylic acids is 2. The SMILES string of the molecule is O=C1NC(=S)NC(=O)C1=Cc1ccc(OCc2cccc3ccccc23)c(Br)c1. The number of rotatable bonds is 4. The Bertz CT molecular complexity index is 1160. The van der Waals surface area contributed by atoms with E-state index in [0.29, 0.717) is 17.9 Å². The van der Waals surface area contributed by atoms with Gasteiger partial charge in [-0.25, -0.2) is 0 Å². The number of amides is 2. The lowest BCUT2D eigenvalue weighted by Gasteiger charge is -2.16. The summed E-state index contributed by atoms with van der Waals surface area (Å²) in [5.74, 6) is -0.379. The summed E-state index contributed by atoms with van der Waals surface area (Å²) >= 11 is 8.30. The fourth-order valence-corrected chi connectivity index (χ4v) is 3.77. The third kappa shape index (κ3) is 4.21.